The van der Waals surface area contributed by atoms with Gasteiger partial charge in [0.25, 0.3) is 5.78 Å². The first kappa shape index (κ1) is 4.05. The molecule has 0 aromatic carbocycles. The molecule has 1 aliphatic rings. The van der Waals surface area contributed by atoms with E-state index in [1.54, 1.807) is 0 Å². The Morgan fingerprint density at radius 3 is 2.43 bits per heavy atom. The topological polar surface area (TPSA) is 43.4 Å². The summed E-state index contributed by atoms with van der Waals surface area (Å²) in [6, 6.07) is 0. The van der Waals surface area contributed by atoms with Crippen LogP contribution in [0.25, 0.3) is 0 Å². The second kappa shape index (κ2) is 1.18. The number of hydrogen-bond acceptors (Lipinski definition) is 3. The van der Waals surface area contributed by atoms with E-state index in [1.165, 1.54) is 0 Å². The van der Waals surface area contributed by atoms with Gasteiger partial charge >= 0.3 is 5.97 Å². The predicted molar refractivity (Wildman–Crippen MR) is 18.9 cm³/mol. The van der Waals surface area contributed by atoms with Crippen molar-refractivity contribution in [2.24, 2.45) is 0 Å². The molecule has 0 saturated carbocycles. The smallest absolute Gasteiger partial charge is 0.384 e. The molecule has 1 heterocycles. The number of ether oxygens (including phenoxy) is 1. The van der Waals surface area contributed by atoms with Crippen LogP contribution in [0.4, 0.5) is 0 Å². The lowest BCUT2D eigenvalue weighted by atomic mass is 10.4. The van der Waals surface area contributed by atoms with Crippen LogP contribution in [0.3, 0.4) is 0 Å². The molecule has 3 nitrogen and oxygen atoms in total. The van der Waals surface area contributed by atoms with Crippen LogP contribution in [0, 0.1) is 6.26 Å². The molecule has 0 spiro atoms. The molecule has 0 aromatic rings. The zero-order valence-corrected chi connectivity index (χ0v) is 3.30. The highest BCUT2D eigenvalue weighted by Crippen LogP contribution is 1.91. The average molecular weight is 97.0 g/mol. The lowest BCUT2D eigenvalue weighted by molar-refractivity contribution is -0.145. The summed E-state index contributed by atoms with van der Waals surface area (Å²) in [5, 5.41) is 0. The quantitative estimate of drug-likeness (QED) is 0.300. The molecule has 1 radical (unpaired) electrons. The Morgan fingerprint density at radius 1 is 1.57 bits per heavy atom. The molecule has 7 heavy (non-hydrogen) atoms. The first-order valence-corrected chi connectivity index (χ1v) is 1.64. The van der Waals surface area contributed by atoms with Crippen molar-refractivity contribution in [2.45, 2.75) is 0 Å². The van der Waals surface area contributed by atoms with E-state index in [0.717, 1.165) is 6.08 Å². The van der Waals surface area contributed by atoms with E-state index in [4.69, 9.17) is 0 Å². The summed E-state index contributed by atoms with van der Waals surface area (Å²) < 4.78 is 3.97. The van der Waals surface area contributed by atoms with Crippen molar-refractivity contribution < 1.29 is 14.3 Å². The van der Waals surface area contributed by atoms with Gasteiger partial charge in [-0.05, 0) is 0 Å². The first-order chi connectivity index (χ1) is 3.30. The van der Waals surface area contributed by atoms with Gasteiger partial charge in [-0.15, -0.1) is 0 Å². The van der Waals surface area contributed by atoms with Gasteiger partial charge in [0.05, 0.1) is 0 Å². The van der Waals surface area contributed by atoms with Crippen LogP contribution in [-0.4, -0.2) is 11.8 Å². The van der Waals surface area contributed by atoms with Gasteiger partial charge in [-0.2, -0.15) is 0 Å². The Hall–Kier alpha value is -1.12. The Bertz CT molecular complexity index is 145. The van der Waals surface area contributed by atoms with Crippen LogP contribution >= 0.6 is 0 Å². The predicted octanol–water partition coefficient (Wildman–Crippen LogP) is -0.571. The molecule has 0 unspecified atom stereocenters. The minimum absolute atomic E-state index is 0.639. The zero-order valence-electron chi connectivity index (χ0n) is 3.30. The van der Waals surface area contributed by atoms with E-state index in [0.29, 0.717) is 0 Å². The highest BCUT2D eigenvalue weighted by molar-refractivity contribution is 6.39. The molecule has 1 aliphatic heterocycles. The van der Waals surface area contributed by atoms with Crippen LogP contribution in [0.1, 0.15) is 0 Å². The molecule has 0 aromatic heterocycles. The van der Waals surface area contributed by atoms with Crippen LogP contribution in [0.15, 0.2) is 6.08 Å². The van der Waals surface area contributed by atoms with Crippen LogP contribution in [0.5, 0.6) is 0 Å². The van der Waals surface area contributed by atoms with Crippen molar-refractivity contribution >= 4 is 11.8 Å². The molecule has 0 fully saturated rings. The van der Waals surface area contributed by atoms with Crippen molar-refractivity contribution in [3.63, 3.8) is 0 Å². The van der Waals surface area contributed by atoms with Gasteiger partial charge in [0.1, 0.15) is 0 Å². The molecule has 3 heteroatoms. The lowest BCUT2D eigenvalue weighted by Gasteiger charge is -1.76. The maximum absolute atomic E-state index is 9.98. The van der Waals surface area contributed by atoms with Crippen molar-refractivity contribution in [2.75, 3.05) is 0 Å². The molecule has 35 valence electrons. The number of hydrogen-bond donors (Lipinski definition) is 0. The Kier molecular flexibility index (Phi) is 0.685. The van der Waals surface area contributed by atoms with Gasteiger partial charge in [-0.1, -0.05) is 0 Å². The summed E-state index contributed by atoms with van der Waals surface area (Å²) in [5.41, 5.74) is 0. The fraction of sp³-hybridized carbons (Fsp3) is 0. The molecule has 0 saturated heterocycles. The lowest BCUT2D eigenvalue weighted by Crippen LogP contribution is -2.04. The van der Waals surface area contributed by atoms with Crippen LogP contribution in [0.2, 0.25) is 0 Å². The van der Waals surface area contributed by atoms with Gasteiger partial charge in [0, 0.05) is 6.08 Å². The standard InChI is InChI=1S/C4HO3/c5-3-1-2-7-4(3)6/h1H. The molecular weight excluding hydrogens is 96.0 g/mol. The highest BCUT2D eigenvalue weighted by Gasteiger charge is 2.16. The van der Waals surface area contributed by atoms with Crippen molar-refractivity contribution in [3.05, 3.63) is 12.3 Å². The minimum atomic E-state index is -0.847. The third-order valence-electron chi connectivity index (χ3n) is 0.543. The largest absolute Gasteiger partial charge is 0.416 e. The molecule has 0 N–H and O–H groups in total. The van der Waals surface area contributed by atoms with Gasteiger partial charge < -0.3 is 4.74 Å². The highest BCUT2D eigenvalue weighted by atomic mass is 16.5. The van der Waals surface area contributed by atoms with Crippen molar-refractivity contribution in [1.29, 1.82) is 0 Å². The number of rotatable bonds is 0. The number of esters is 1. The Morgan fingerprint density at radius 2 is 2.29 bits per heavy atom. The Balaban J connectivity index is 2.81. The van der Waals surface area contributed by atoms with E-state index in [2.05, 4.69) is 4.74 Å². The van der Waals surface area contributed by atoms with E-state index in [-0.39, 0.29) is 0 Å². The zero-order chi connectivity index (χ0) is 5.28. The Labute approximate surface area is 39.6 Å². The van der Waals surface area contributed by atoms with Gasteiger partial charge in [-0.25, -0.2) is 4.79 Å². The van der Waals surface area contributed by atoms with E-state index >= 15 is 0 Å². The average Bonchev–Trinajstić information content (AvgIpc) is 1.91. The van der Waals surface area contributed by atoms with Gasteiger partial charge in [0.15, 0.2) is 6.26 Å². The van der Waals surface area contributed by atoms with Crippen molar-refractivity contribution in [1.82, 2.24) is 0 Å². The molecule has 0 amide bonds. The number of cyclic esters (lactones) is 1. The van der Waals surface area contributed by atoms with Crippen LogP contribution < -0.4 is 0 Å². The fourth-order valence-electron chi connectivity index (χ4n) is 0.246. The summed E-state index contributed by atoms with van der Waals surface area (Å²) in [5.74, 6) is -1.49. The third kappa shape index (κ3) is 0.513. The maximum Gasteiger partial charge on any atom is 0.384 e. The maximum atomic E-state index is 9.98. The summed E-state index contributed by atoms with van der Waals surface area (Å²) in [6.45, 7) is 0. The molecule has 1 rings (SSSR count). The fourth-order valence-corrected chi connectivity index (χ4v) is 0.246. The summed E-state index contributed by atoms with van der Waals surface area (Å²) in [4.78, 5) is 19.9. The summed E-state index contributed by atoms with van der Waals surface area (Å²) in [6.07, 6.45) is 2.96. The van der Waals surface area contributed by atoms with Gasteiger partial charge in [0.2, 0.25) is 0 Å². The second-order valence-corrected chi connectivity index (χ2v) is 1.02. The second-order valence-electron chi connectivity index (χ2n) is 1.02. The molecule has 0 aliphatic carbocycles. The van der Waals surface area contributed by atoms with Gasteiger partial charge in [-0.3, -0.25) is 4.79 Å². The molecule has 0 atom stereocenters. The molecular formula is C4HO3. The van der Waals surface area contributed by atoms with E-state index in [9.17, 15) is 9.59 Å². The van der Waals surface area contributed by atoms with Crippen molar-refractivity contribution in [3.8, 4) is 0 Å². The third-order valence-corrected chi connectivity index (χ3v) is 0.543. The van der Waals surface area contributed by atoms with Crippen LogP contribution in [-0.2, 0) is 14.3 Å². The number of carbonyl (C=O) groups is 2. The van der Waals surface area contributed by atoms with E-state index < -0.39 is 11.8 Å². The number of ketones is 1. The minimum Gasteiger partial charge on any atom is -0.416 e. The summed E-state index contributed by atoms with van der Waals surface area (Å²) >= 11 is 0. The SMILES string of the molecule is O=C1C=[C]OC1=O. The normalized spacial score (nSPS) is 17.7. The summed E-state index contributed by atoms with van der Waals surface area (Å²) in [7, 11) is 0. The number of carbonyl (C=O) groups excluding carboxylic acids is 2. The monoisotopic (exact) mass is 97.0 g/mol. The first-order valence-electron chi connectivity index (χ1n) is 1.64. The molecule has 0 bridgehead atoms. The van der Waals surface area contributed by atoms with E-state index in [1.807, 2.05) is 6.26 Å².